The molecule has 0 unspecified atom stereocenters. The lowest BCUT2D eigenvalue weighted by Gasteiger charge is -2.18. The van der Waals surface area contributed by atoms with E-state index < -0.39 is 30.9 Å². The van der Waals surface area contributed by atoms with Crippen molar-refractivity contribution >= 4 is 42.3 Å². The fourth-order valence-electron chi connectivity index (χ4n) is 3.19. The predicted octanol–water partition coefficient (Wildman–Crippen LogP) is 2.69. The van der Waals surface area contributed by atoms with Crippen molar-refractivity contribution in [2.75, 3.05) is 6.54 Å². The summed E-state index contributed by atoms with van der Waals surface area (Å²) in [5.41, 5.74) is 1.05. The maximum atomic E-state index is 13.2. The highest BCUT2D eigenvalue weighted by Gasteiger charge is 2.31. The van der Waals surface area contributed by atoms with Crippen molar-refractivity contribution in [1.29, 1.82) is 0 Å². The average molecular weight is 479 g/mol. The quantitative estimate of drug-likeness (QED) is 0.437. The molecule has 0 fully saturated rings. The smallest absolute Gasteiger partial charge is 0.408 e. The highest BCUT2D eigenvalue weighted by molar-refractivity contribution is 7.93. The number of aromatic nitrogens is 1. The lowest BCUT2D eigenvalue weighted by atomic mass is 10.1. The van der Waals surface area contributed by atoms with E-state index >= 15 is 0 Å². The minimum atomic E-state index is -4.07. The number of fused-ring (bicyclic) bond motifs is 1. The molecule has 2 aromatic carbocycles. The van der Waals surface area contributed by atoms with Crippen LogP contribution in [0.2, 0.25) is 0 Å². The lowest BCUT2D eigenvalue weighted by Crippen LogP contribution is -2.31. The van der Waals surface area contributed by atoms with Gasteiger partial charge in [-0.15, -0.1) is 11.3 Å². The van der Waals surface area contributed by atoms with Gasteiger partial charge in [0, 0.05) is 19.7 Å². The van der Waals surface area contributed by atoms with Gasteiger partial charge in [-0.2, -0.15) is 0 Å². The van der Waals surface area contributed by atoms with Crippen LogP contribution in [-0.4, -0.2) is 27.9 Å². The summed E-state index contributed by atoms with van der Waals surface area (Å²) >= 11 is 1.08. The van der Waals surface area contributed by atoms with Gasteiger partial charge in [-0.25, -0.2) is 26.4 Å². The van der Waals surface area contributed by atoms with Gasteiger partial charge in [0.05, 0.1) is 10.4 Å². The first kappa shape index (κ1) is 21.5. The molecule has 0 spiro atoms. The molecule has 0 amide bonds. The first-order chi connectivity index (χ1) is 14.7. The number of sulfonamides is 1. The van der Waals surface area contributed by atoms with Crippen LogP contribution in [0.1, 0.15) is 10.8 Å². The highest BCUT2D eigenvalue weighted by Crippen LogP contribution is 2.31. The zero-order valence-electron chi connectivity index (χ0n) is 16.3. The molecule has 4 rings (SSSR count). The van der Waals surface area contributed by atoms with E-state index in [-0.39, 0.29) is 21.2 Å². The maximum absolute atomic E-state index is 13.2. The molecule has 0 radical (unpaired) electrons. The largest absolute Gasteiger partial charge is 0.419 e. The van der Waals surface area contributed by atoms with Crippen molar-refractivity contribution in [3.05, 3.63) is 82.2 Å². The van der Waals surface area contributed by atoms with E-state index in [0.29, 0.717) is 11.1 Å². The third-order valence-corrected chi connectivity index (χ3v) is 9.81. The van der Waals surface area contributed by atoms with Crippen molar-refractivity contribution in [3.8, 4) is 0 Å². The number of benzene rings is 2. The molecule has 0 aliphatic rings. The van der Waals surface area contributed by atoms with Gasteiger partial charge in [0.1, 0.15) is 9.46 Å². The second kappa shape index (κ2) is 8.08. The van der Waals surface area contributed by atoms with Gasteiger partial charge in [-0.05, 0) is 29.1 Å². The molecule has 1 atom stereocenters. The minimum Gasteiger partial charge on any atom is -0.408 e. The number of thiophene rings is 1. The average Bonchev–Trinajstić information content (AvgIpc) is 3.38. The molecule has 0 bridgehead atoms. The first-order valence-electron chi connectivity index (χ1n) is 9.12. The third kappa shape index (κ3) is 4.09. The van der Waals surface area contributed by atoms with Crippen LogP contribution in [0.5, 0.6) is 0 Å². The summed E-state index contributed by atoms with van der Waals surface area (Å²) in [5, 5.41) is 0.544. The van der Waals surface area contributed by atoms with Crippen LogP contribution in [0.4, 0.5) is 0 Å². The Hall–Kier alpha value is -2.73. The van der Waals surface area contributed by atoms with Gasteiger partial charge in [-0.3, -0.25) is 4.57 Å². The second-order valence-corrected chi connectivity index (χ2v) is 11.9. The molecule has 8 nitrogen and oxygen atoms in total. The van der Waals surface area contributed by atoms with Crippen molar-refractivity contribution in [2.45, 2.75) is 14.4 Å². The van der Waals surface area contributed by atoms with Crippen molar-refractivity contribution < 1.29 is 21.3 Å². The van der Waals surface area contributed by atoms with E-state index in [0.717, 1.165) is 11.3 Å². The molecule has 2 heterocycles. The van der Waals surface area contributed by atoms with Crippen LogP contribution in [-0.2, 0) is 26.9 Å². The standard InChI is InChI=1S/C20H18N2O6S3/c1-22-16-10-9-15(12-17(16)28-20(22)23)31(26,27)21-13-18(14-6-3-2-4-7-14)30(24,25)19-8-5-11-29-19/h2-12,18,21H,13H2,1H3/t18-/m1/s1. The van der Waals surface area contributed by atoms with E-state index in [1.807, 2.05) is 0 Å². The molecule has 0 aliphatic carbocycles. The third-order valence-electron chi connectivity index (χ3n) is 4.85. The summed E-state index contributed by atoms with van der Waals surface area (Å²) < 4.78 is 61.0. The molecule has 0 aliphatic heterocycles. The Labute approximate surface area is 182 Å². The lowest BCUT2D eigenvalue weighted by molar-refractivity contribution is 0.527. The maximum Gasteiger partial charge on any atom is 0.419 e. The summed E-state index contributed by atoms with van der Waals surface area (Å²) in [4.78, 5) is 11.5. The zero-order chi connectivity index (χ0) is 22.2. The summed E-state index contributed by atoms with van der Waals surface area (Å²) in [5.74, 6) is -0.608. The number of rotatable bonds is 7. The van der Waals surface area contributed by atoms with Crippen LogP contribution in [0.25, 0.3) is 11.1 Å². The fourth-order valence-corrected chi connectivity index (χ4v) is 7.22. The summed E-state index contributed by atoms with van der Waals surface area (Å²) in [6.45, 7) is -0.358. The Bertz CT molecular complexity index is 1490. The van der Waals surface area contributed by atoms with Crippen LogP contribution in [0.15, 0.2) is 84.4 Å². The van der Waals surface area contributed by atoms with Crippen molar-refractivity contribution in [1.82, 2.24) is 9.29 Å². The van der Waals surface area contributed by atoms with E-state index in [1.54, 1.807) is 41.8 Å². The van der Waals surface area contributed by atoms with Gasteiger partial charge in [0.25, 0.3) is 0 Å². The van der Waals surface area contributed by atoms with Crippen LogP contribution < -0.4 is 10.5 Å². The second-order valence-electron chi connectivity index (χ2n) is 6.78. The molecule has 2 aromatic heterocycles. The van der Waals surface area contributed by atoms with Crippen LogP contribution in [0, 0.1) is 0 Å². The van der Waals surface area contributed by atoms with Crippen molar-refractivity contribution in [2.24, 2.45) is 7.05 Å². The molecule has 0 saturated carbocycles. The zero-order valence-corrected chi connectivity index (χ0v) is 18.7. The Morgan fingerprint density at radius 2 is 1.77 bits per heavy atom. The van der Waals surface area contributed by atoms with Gasteiger partial charge < -0.3 is 4.42 Å². The van der Waals surface area contributed by atoms with Gasteiger partial charge >= 0.3 is 5.76 Å². The first-order valence-corrected chi connectivity index (χ1v) is 13.0. The Morgan fingerprint density at radius 1 is 1.03 bits per heavy atom. The number of sulfone groups is 1. The summed E-state index contributed by atoms with van der Waals surface area (Å²) in [6.07, 6.45) is 0. The monoisotopic (exact) mass is 478 g/mol. The molecule has 31 heavy (non-hydrogen) atoms. The number of aryl methyl sites for hydroxylation is 1. The summed E-state index contributed by atoms with van der Waals surface area (Å²) in [6, 6.07) is 15.6. The van der Waals surface area contributed by atoms with Crippen LogP contribution in [0.3, 0.4) is 0 Å². The van der Waals surface area contributed by atoms with E-state index in [2.05, 4.69) is 4.72 Å². The molecule has 4 aromatic rings. The fraction of sp³-hybridized carbons (Fsp3) is 0.150. The Kier molecular flexibility index (Phi) is 5.60. The van der Waals surface area contributed by atoms with Gasteiger partial charge in [0.2, 0.25) is 10.0 Å². The Balaban J connectivity index is 1.67. The predicted molar refractivity (Wildman–Crippen MR) is 117 cm³/mol. The highest BCUT2D eigenvalue weighted by atomic mass is 32.2. The van der Waals surface area contributed by atoms with Gasteiger partial charge in [-0.1, -0.05) is 36.4 Å². The van der Waals surface area contributed by atoms with Crippen LogP contribution >= 0.6 is 11.3 Å². The minimum absolute atomic E-state index is 0.126. The Morgan fingerprint density at radius 3 is 2.45 bits per heavy atom. The van der Waals surface area contributed by atoms with Crippen molar-refractivity contribution in [3.63, 3.8) is 0 Å². The number of hydrogen-bond acceptors (Lipinski definition) is 7. The van der Waals surface area contributed by atoms with Gasteiger partial charge in [0.15, 0.2) is 15.4 Å². The number of nitrogens with one attached hydrogen (secondary N) is 1. The molecule has 1 N–H and O–H groups in total. The number of nitrogens with zero attached hydrogens (tertiary/aromatic N) is 1. The summed E-state index contributed by atoms with van der Waals surface area (Å²) in [7, 11) is -6.38. The SMILES string of the molecule is Cn1c(=O)oc2cc(S(=O)(=O)NC[C@H](c3ccccc3)S(=O)(=O)c3cccs3)ccc21. The molecule has 0 saturated heterocycles. The number of oxazole rings is 1. The molecule has 11 heteroatoms. The number of hydrogen-bond donors (Lipinski definition) is 1. The topological polar surface area (TPSA) is 115 Å². The normalized spacial score (nSPS) is 13.5. The van der Waals surface area contributed by atoms with E-state index in [9.17, 15) is 21.6 Å². The molecular weight excluding hydrogens is 460 g/mol. The molecule has 162 valence electrons. The molecular formula is C20H18N2O6S3. The van der Waals surface area contributed by atoms with E-state index in [4.69, 9.17) is 4.42 Å². The van der Waals surface area contributed by atoms with E-state index in [1.165, 1.54) is 35.9 Å².